The van der Waals surface area contributed by atoms with Gasteiger partial charge in [0.2, 0.25) is 0 Å². The first-order valence-corrected chi connectivity index (χ1v) is 9.95. The van der Waals surface area contributed by atoms with E-state index in [4.69, 9.17) is 0 Å². The monoisotopic (exact) mass is 371 g/mol. The van der Waals surface area contributed by atoms with Gasteiger partial charge in [-0.3, -0.25) is 5.32 Å². The molecule has 28 heavy (non-hydrogen) atoms. The van der Waals surface area contributed by atoms with Crippen LogP contribution < -0.4 is 5.32 Å². The predicted octanol–water partition coefficient (Wildman–Crippen LogP) is 6.18. The zero-order valence-corrected chi connectivity index (χ0v) is 16.2. The molecule has 0 bridgehead atoms. The van der Waals surface area contributed by atoms with Gasteiger partial charge in [0.25, 0.3) is 0 Å². The molecule has 0 aromatic heterocycles. The standard InChI is InChI=1S/C26H26FN/c1-26(22-13-8-14-23(27)19-22)17-15-24(16-18-26)28-25(20-9-4-2-5-10-20)21-11-6-3-7-12-21/h2-15,17,19,24-25,28H,16,18H2,1H3/t24-,26-/m0/s1. The van der Waals surface area contributed by atoms with Crippen LogP contribution in [0.3, 0.4) is 0 Å². The van der Waals surface area contributed by atoms with E-state index in [0.717, 1.165) is 18.4 Å². The summed E-state index contributed by atoms with van der Waals surface area (Å²) in [5, 5.41) is 3.83. The van der Waals surface area contributed by atoms with Crippen molar-refractivity contribution in [2.24, 2.45) is 0 Å². The summed E-state index contributed by atoms with van der Waals surface area (Å²) < 4.78 is 13.7. The molecule has 0 fully saturated rings. The van der Waals surface area contributed by atoms with Gasteiger partial charge >= 0.3 is 0 Å². The average molecular weight is 371 g/mol. The first-order chi connectivity index (χ1) is 13.6. The van der Waals surface area contributed by atoms with Crippen LogP contribution in [0, 0.1) is 5.82 Å². The number of rotatable bonds is 5. The lowest BCUT2D eigenvalue weighted by atomic mass is 9.74. The third-order valence-corrected chi connectivity index (χ3v) is 5.80. The lowest BCUT2D eigenvalue weighted by Crippen LogP contribution is -2.37. The summed E-state index contributed by atoms with van der Waals surface area (Å²) >= 11 is 0. The van der Waals surface area contributed by atoms with Crippen molar-refractivity contribution in [2.45, 2.75) is 37.3 Å². The maximum atomic E-state index is 13.7. The first kappa shape index (κ1) is 18.6. The molecule has 0 spiro atoms. The van der Waals surface area contributed by atoms with Crippen LogP contribution in [0.4, 0.5) is 4.39 Å². The summed E-state index contributed by atoms with van der Waals surface area (Å²) in [6.07, 6.45) is 6.50. The number of hydrogen-bond donors (Lipinski definition) is 1. The normalized spacial score (nSPS) is 21.8. The van der Waals surface area contributed by atoms with Crippen molar-refractivity contribution in [1.29, 1.82) is 0 Å². The van der Waals surface area contributed by atoms with E-state index in [9.17, 15) is 4.39 Å². The molecular weight excluding hydrogens is 345 g/mol. The van der Waals surface area contributed by atoms with E-state index < -0.39 is 0 Å². The van der Waals surface area contributed by atoms with Crippen LogP contribution in [-0.2, 0) is 5.41 Å². The van der Waals surface area contributed by atoms with E-state index in [1.807, 2.05) is 6.07 Å². The fraction of sp³-hybridized carbons (Fsp3) is 0.231. The second-order valence-corrected chi connectivity index (χ2v) is 7.85. The Hall–Kier alpha value is -2.71. The Balaban J connectivity index is 1.56. The second kappa shape index (κ2) is 8.12. The van der Waals surface area contributed by atoms with Crippen LogP contribution in [0.5, 0.6) is 0 Å². The van der Waals surface area contributed by atoms with Gasteiger partial charge in [-0.15, -0.1) is 0 Å². The smallest absolute Gasteiger partial charge is 0.123 e. The summed E-state index contributed by atoms with van der Waals surface area (Å²) in [7, 11) is 0. The van der Waals surface area contributed by atoms with E-state index in [1.54, 1.807) is 12.1 Å². The van der Waals surface area contributed by atoms with Gasteiger partial charge in [-0.25, -0.2) is 4.39 Å². The highest BCUT2D eigenvalue weighted by Gasteiger charge is 2.29. The summed E-state index contributed by atoms with van der Waals surface area (Å²) in [6, 6.07) is 28.6. The highest BCUT2D eigenvalue weighted by Crippen LogP contribution is 2.36. The predicted molar refractivity (Wildman–Crippen MR) is 114 cm³/mol. The highest BCUT2D eigenvalue weighted by atomic mass is 19.1. The van der Waals surface area contributed by atoms with Gasteiger partial charge in [-0.05, 0) is 41.7 Å². The quantitative estimate of drug-likeness (QED) is 0.528. The molecular formula is C26H26FN. The SMILES string of the molecule is C[C@]1(c2cccc(F)c2)C=C[C@H](NC(c2ccccc2)c2ccccc2)CC1. The first-order valence-electron chi connectivity index (χ1n) is 9.95. The summed E-state index contributed by atoms with van der Waals surface area (Å²) in [5.74, 6) is -0.166. The molecule has 142 valence electrons. The molecule has 1 nitrogen and oxygen atoms in total. The molecule has 4 rings (SSSR count). The van der Waals surface area contributed by atoms with Crippen molar-refractivity contribution in [2.75, 3.05) is 0 Å². The number of benzene rings is 3. The number of hydrogen-bond acceptors (Lipinski definition) is 1. The molecule has 0 saturated heterocycles. The molecule has 0 unspecified atom stereocenters. The second-order valence-electron chi connectivity index (χ2n) is 7.85. The summed E-state index contributed by atoms with van der Waals surface area (Å²) in [4.78, 5) is 0. The molecule has 3 aromatic rings. The largest absolute Gasteiger partial charge is 0.300 e. The van der Waals surface area contributed by atoms with Crippen LogP contribution in [-0.4, -0.2) is 6.04 Å². The molecule has 2 heteroatoms. The van der Waals surface area contributed by atoms with Crippen LogP contribution in [0.2, 0.25) is 0 Å². The number of nitrogens with one attached hydrogen (secondary N) is 1. The van der Waals surface area contributed by atoms with Gasteiger partial charge in [-0.2, -0.15) is 0 Å². The van der Waals surface area contributed by atoms with E-state index in [0.29, 0.717) is 0 Å². The van der Waals surface area contributed by atoms with E-state index in [1.165, 1.54) is 17.2 Å². The molecule has 0 aliphatic heterocycles. The topological polar surface area (TPSA) is 12.0 Å². The Bertz CT molecular complexity index is 895. The summed E-state index contributed by atoms with van der Waals surface area (Å²) in [6.45, 7) is 2.19. The number of halogens is 1. The van der Waals surface area contributed by atoms with Crippen molar-refractivity contribution in [3.63, 3.8) is 0 Å². The Morgan fingerprint density at radius 2 is 1.54 bits per heavy atom. The van der Waals surface area contributed by atoms with Gasteiger partial charge in [-0.1, -0.05) is 91.9 Å². The molecule has 1 aliphatic carbocycles. The van der Waals surface area contributed by atoms with Gasteiger partial charge in [0.1, 0.15) is 5.82 Å². The van der Waals surface area contributed by atoms with Crippen molar-refractivity contribution in [3.05, 3.63) is 120 Å². The Morgan fingerprint density at radius 3 is 2.07 bits per heavy atom. The van der Waals surface area contributed by atoms with E-state index in [2.05, 4.69) is 85.1 Å². The Labute approximate surface area is 166 Å². The van der Waals surface area contributed by atoms with Crippen LogP contribution in [0.15, 0.2) is 97.1 Å². The van der Waals surface area contributed by atoms with Crippen LogP contribution in [0.1, 0.15) is 42.5 Å². The summed E-state index contributed by atoms with van der Waals surface area (Å²) in [5.41, 5.74) is 3.46. The highest BCUT2D eigenvalue weighted by molar-refractivity contribution is 5.35. The van der Waals surface area contributed by atoms with Gasteiger partial charge in [0, 0.05) is 11.5 Å². The Morgan fingerprint density at radius 1 is 0.893 bits per heavy atom. The minimum atomic E-state index is -0.166. The van der Waals surface area contributed by atoms with Gasteiger partial charge < -0.3 is 0 Å². The van der Waals surface area contributed by atoms with Gasteiger partial charge in [0.15, 0.2) is 0 Å². The fourth-order valence-corrected chi connectivity index (χ4v) is 4.08. The fourth-order valence-electron chi connectivity index (χ4n) is 4.08. The minimum Gasteiger partial charge on any atom is -0.300 e. The maximum Gasteiger partial charge on any atom is 0.123 e. The van der Waals surface area contributed by atoms with Crippen molar-refractivity contribution in [1.82, 2.24) is 5.32 Å². The lowest BCUT2D eigenvalue weighted by molar-refractivity contribution is 0.411. The van der Waals surface area contributed by atoms with Crippen molar-refractivity contribution in [3.8, 4) is 0 Å². The lowest BCUT2D eigenvalue weighted by Gasteiger charge is -2.35. The third-order valence-electron chi connectivity index (χ3n) is 5.80. The molecule has 0 radical (unpaired) electrons. The van der Waals surface area contributed by atoms with Crippen LogP contribution in [0.25, 0.3) is 0 Å². The molecule has 1 aliphatic rings. The number of allylic oxidation sites excluding steroid dienone is 1. The van der Waals surface area contributed by atoms with Gasteiger partial charge in [0.05, 0.1) is 6.04 Å². The third kappa shape index (κ3) is 4.07. The minimum absolute atomic E-state index is 0.116. The van der Waals surface area contributed by atoms with E-state index >= 15 is 0 Å². The molecule has 0 amide bonds. The molecule has 1 N–H and O–H groups in total. The molecule has 3 aromatic carbocycles. The molecule has 0 heterocycles. The molecule has 2 atom stereocenters. The van der Waals surface area contributed by atoms with Crippen molar-refractivity contribution >= 4 is 0 Å². The maximum absolute atomic E-state index is 13.7. The average Bonchev–Trinajstić information content (AvgIpc) is 2.75. The van der Waals surface area contributed by atoms with Crippen LogP contribution >= 0.6 is 0 Å². The molecule has 0 saturated carbocycles. The zero-order chi connectivity index (χ0) is 19.4. The Kier molecular flexibility index (Phi) is 5.40. The zero-order valence-electron chi connectivity index (χ0n) is 16.2. The van der Waals surface area contributed by atoms with Crippen molar-refractivity contribution < 1.29 is 4.39 Å². The van der Waals surface area contributed by atoms with E-state index in [-0.39, 0.29) is 23.3 Å².